The zero-order valence-electron chi connectivity index (χ0n) is 11.5. The second-order valence-electron chi connectivity index (χ2n) is 4.58. The number of hydrogen-bond donors (Lipinski definition) is 1. The van der Waals surface area contributed by atoms with Crippen molar-refractivity contribution in [2.45, 2.75) is 6.54 Å². The van der Waals surface area contributed by atoms with E-state index in [9.17, 15) is 0 Å². The summed E-state index contributed by atoms with van der Waals surface area (Å²) in [7, 11) is 1.90. The van der Waals surface area contributed by atoms with E-state index in [4.69, 9.17) is 4.74 Å². The van der Waals surface area contributed by atoms with Gasteiger partial charge in [0.2, 0.25) is 5.88 Å². The molecule has 0 bridgehead atoms. The lowest BCUT2D eigenvalue weighted by molar-refractivity contribution is 0.459. The number of nitrogens with one attached hydrogen (secondary N) is 1. The molecule has 0 aliphatic rings. The van der Waals surface area contributed by atoms with Gasteiger partial charge in [-0.25, -0.2) is 4.98 Å². The van der Waals surface area contributed by atoms with Gasteiger partial charge in [0.25, 0.3) is 0 Å². The van der Waals surface area contributed by atoms with Crippen LogP contribution in [0.15, 0.2) is 53.3 Å². The summed E-state index contributed by atoms with van der Waals surface area (Å²) in [5, 5.41) is 4.09. The molecule has 3 aromatic rings. The number of halogens is 1. The Bertz CT molecular complexity index is 771. The third-order valence-electron chi connectivity index (χ3n) is 3.07. The molecule has 0 radical (unpaired) electrons. The van der Waals surface area contributed by atoms with Gasteiger partial charge in [0.05, 0.1) is 5.52 Å². The molecule has 2 aromatic heterocycles. The smallest absolute Gasteiger partial charge is 0.223 e. The normalized spacial score (nSPS) is 10.8. The number of rotatable bonds is 4. The summed E-state index contributed by atoms with van der Waals surface area (Å²) in [6.07, 6.45) is 3.51. The van der Waals surface area contributed by atoms with Gasteiger partial charge in [0.1, 0.15) is 5.75 Å². The predicted octanol–water partition coefficient (Wildman–Crippen LogP) is 3.90. The molecule has 0 aliphatic heterocycles. The summed E-state index contributed by atoms with van der Waals surface area (Å²) in [5.41, 5.74) is 1.90. The Kier molecular flexibility index (Phi) is 4.13. The minimum absolute atomic E-state index is 0.601. The zero-order chi connectivity index (χ0) is 14.7. The number of benzene rings is 1. The average Bonchev–Trinajstić information content (AvgIpc) is 2.50. The third-order valence-corrected chi connectivity index (χ3v) is 3.51. The molecule has 21 heavy (non-hydrogen) atoms. The summed E-state index contributed by atoms with van der Waals surface area (Å²) < 4.78 is 6.95. The van der Waals surface area contributed by atoms with Gasteiger partial charge < -0.3 is 10.1 Å². The number of nitrogens with zero attached hydrogens (tertiary/aromatic N) is 2. The molecular weight excluding hydrogens is 330 g/mol. The van der Waals surface area contributed by atoms with Crippen LogP contribution < -0.4 is 10.1 Å². The third kappa shape index (κ3) is 3.04. The van der Waals surface area contributed by atoms with E-state index in [1.165, 1.54) is 0 Å². The maximum atomic E-state index is 6.02. The Morgan fingerprint density at radius 1 is 1.19 bits per heavy atom. The molecule has 1 aromatic carbocycles. The maximum Gasteiger partial charge on any atom is 0.223 e. The van der Waals surface area contributed by atoms with Gasteiger partial charge in [0.15, 0.2) is 0 Å². The molecule has 0 saturated heterocycles. The van der Waals surface area contributed by atoms with Gasteiger partial charge in [-0.05, 0) is 53.3 Å². The van der Waals surface area contributed by atoms with Crippen LogP contribution in [-0.4, -0.2) is 17.0 Å². The van der Waals surface area contributed by atoms with Crippen LogP contribution in [0.1, 0.15) is 5.56 Å². The monoisotopic (exact) mass is 343 g/mol. The molecule has 2 heterocycles. The van der Waals surface area contributed by atoms with Gasteiger partial charge in [0, 0.05) is 34.4 Å². The van der Waals surface area contributed by atoms with Gasteiger partial charge in [-0.2, -0.15) is 0 Å². The van der Waals surface area contributed by atoms with Crippen molar-refractivity contribution in [1.82, 2.24) is 15.3 Å². The molecular formula is C16H14BrN3O. The fourth-order valence-corrected chi connectivity index (χ4v) is 2.52. The number of hydrogen-bond acceptors (Lipinski definition) is 4. The van der Waals surface area contributed by atoms with Crippen molar-refractivity contribution in [2.75, 3.05) is 7.05 Å². The minimum atomic E-state index is 0.601. The lowest BCUT2D eigenvalue weighted by Gasteiger charge is -2.11. The number of aromatic nitrogens is 2. The van der Waals surface area contributed by atoms with Gasteiger partial charge in [-0.15, -0.1) is 0 Å². The van der Waals surface area contributed by atoms with Crippen LogP contribution in [0, 0.1) is 0 Å². The van der Waals surface area contributed by atoms with Crippen molar-refractivity contribution in [3.05, 3.63) is 58.8 Å². The molecule has 106 valence electrons. The van der Waals surface area contributed by atoms with E-state index in [0.29, 0.717) is 12.4 Å². The van der Waals surface area contributed by atoms with E-state index in [1.807, 2.05) is 43.4 Å². The molecule has 5 heteroatoms. The quantitative estimate of drug-likeness (QED) is 0.780. The van der Waals surface area contributed by atoms with Crippen LogP contribution in [0.4, 0.5) is 0 Å². The molecule has 0 unspecified atom stereocenters. The van der Waals surface area contributed by atoms with Crippen molar-refractivity contribution >= 4 is 26.8 Å². The minimum Gasteiger partial charge on any atom is -0.438 e. The lowest BCUT2D eigenvalue weighted by Crippen LogP contribution is -2.07. The van der Waals surface area contributed by atoms with Crippen LogP contribution in [0.3, 0.4) is 0 Å². The van der Waals surface area contributed by atoms with E-state index >= 15 is 0 Å². The van der Waals surface area contributed by atoms with E-state index in [2.05, 4.69) is 31.2 Å². The van der Waals surface area contributed by atoms with Crippen molar-refractivity contribution in [1.29, 1.82) is 0 Å². The molecule has 3 rings (SSSR count). The standard InChI is InChI=1S/C16H14BrN3O/c1-18-9-11-8-12(17)10-20-16(11)21-15-6-2-5-14-13(15)4-3-7-19-14/h2-8,10,18H,9H2,1H3. The Balaban J connectivity index is 2.02. The fourth-order valence-electron chi connectivity index (χ4n) is 2.15. The first-order valence-electron chi connectivity index (χ1n) is 6.58. The van der Waals surface area contributed by atoms with E-state index in [0.717, 1.165) is 26.7 Å². The highest BCUT2D eigenvalue weighted by Gasteiger charge is 2.09. The predicted molar refractivity (Wildman–Crippen MR) is 86.5 cm³/mol. The number of pyridine rings is 2. The highest BCUT2D eigenvalue weighted by Crippen LogP contribution is 2.30. The maximum absolute atomic E-state index is 6.02. The highest BCUT2D eigenvalue weighted by molar-refractivity contribution is 9.10. The molecule has 1 N–H and O–H groups in total. The summed E-state index contributed by atoms with van der Waals surface area (Å²) in [6.45, 7) is 0.685. The fraction of sp³-hybridized carbons (Fsp3) is 0.125. The molecule has 4 nitrogen and oxygen atoms in total. The molecule has 0 saturated carbocycles. The second kappa shape index (κ2) is 6.20. The molecule has 0 amide bonds. The lowest BCUT2D eigenvalue weighted by atomic mass is 10.2. The Labute approximate surface area is 131 Å². The van der Waals surface area contributed by atoms with Gasteiger partial charge in [-0.3, -0.25) is 4.98 Å². The van der Waals surface area contributed by atoms with Crippen molar-refractivity contribution in [2.24, 2.45) is 0 Å². The Hall–Kier alpha value is -1.98. The molecule has 0 fully saturated rings. The van der Waals surface area contributed by atoms with Crippen LogP contribution in [-0.2, 0) is 6.54 Å². The average molecular weight is 344 g/mol. The van der Waals surface area contributed by atoms with E-state index in [1.54, 1.807) is 12.4 Å². The summed E-state index contributed by atoms with van der Waals surface area (Å²) in [6, 6.07) is 11.7. The summed E-state index contributed by atoms with van der Waals surface area (Å²) in [4.78, 5) is 8.71. The Morgan fingerprint density at radius 2 is 2.10 bits per heavy atom. The largest absolute Gasteiger partial charge is 0.438 e. The van der Waals surface area contributed by atoms with Crippen LogP contribution in [0.2, 0.25) is 0 Å². The molecule has 0 aliphatic carbocycles. The van der Waals surface area contributed by atoms with Crippen LogP contribution in [0.5, 0.6) is 11.6 Å². The van der Waals surface area contributed by atoms with E-state index < -0.39 is 0 Å². The SMILES string of the molecule is CNCc1cc(Br)cnc1Oc1cccc2ncccc12. The van der Waals surface area contributed by atoms with Gasteiger partial charge >= 0.3 is 0 Å². The molecule has 0 spiro atoms. The van der Waals surface area contributed by atoms with Crippen molar-refractivity contribution in [3.8, 4) is 11.6 Å². The first-order valence-corrected chi connectivity index (χ1v) is 7.38. The van der Waals surface area contributed by atoms with Crippen LogP contribution >= 0.6 is 15.9 Å². The Morgan fingerprint density at radius 3 is 2.95 bits per heavy atom. The highest BCUT2D eigenvalue weighted by atomic mass is 79.9. The summed E-state index contributed by atoms with van der Waals surface area (Å²) >= 11 is 3.44. The number of ether oxygens (including phenoxy) is 1. The zero-order valence-corrected chi connectivity index (χ0v) is 13.1. The summed E-state index contributed by atoms with van der Waals surface area (Å²) in [5.74, 6) is 1.36. The van der Waals surface area contributed by atoms with Crippen molar-refractivity contribution < 1.29 is 4.74 Å². The van der Waals surface area contributed by atoms with Crippen LogP contribution in [0.25, 0.3) is 10.9 Å². The molecule has 0 atom stereocenters. The first kappa shape index (κ1) is 14.0. The number of fused-ring (bicyclic) bond motifs is 1. The van der Waals surface area contributed by atoms with E-state index in [-0.39, 0.29) is 0 Å². The first-order chi connectivity index (χ1) is 10.3. The second-order valence-corrected chi connectivity index (χ2v) is 5.49. The topological polar surface area (TPSA) is 47.0 Å². The van der Waals surface area contributed by atoms with Crippen molar-refractivity contribution in [3.63, 3.8) is 0 Å². The van der Waals surface area contributed by atoms with Gasteiger partial charge in [-0.1, -0.05) is 6.07 Å².